The van der Waals surface area contributed by atoms with Crippen LogP contribution in [0, 0.1) is 13.8 Å². The predicted octanol–water partition coefficient (Wildman–Crippen LogP) is 7.68. The van der Waals surface area contributed by atoms with E-state index in [0.717, 1.165) is 15.4 Å². The van der Waals surface area contributed by atoms with E-state index < -0.39 is 14.4 Å². The van der Waals surface area contributed by atoms with Crippen LogP contribution in [0.2, 0.25) is 19.6 Å². The summed E-state index contributed by atoms with van der Waals surface area (Å²) in [6, 6.07) is 26.6. The van der Waals surface area contributed by atoms with E-state index in [0.29, 0.717) is 0 Å². The minimum absolute atomic E-state index is 0.102. The number of benzene rings is 3. The summed E-state index contributed by atoms with van der Waals surface area (Å²) in [5.41, 5.74) is 3.35. The van der Waals surface area contributed by atoms with Gasteiger partial charge >= 0.3 is 0 Å². The van der Waals surface area contributed by atoms with Crippen molar-refractivity contribution < 1.29 is 9.22 Å². The lowest BCUT2D eigenvalue weighted by Gasteiger charge is -2.28. The molecule has 3 aromatic carbocycles. The second-order valence-corrected chi connectivity index (χ2v) is 15.7. The van der Waals surface area contributed by atoms with Crippen molar-refractivity contribution in [2.45, 2.75) is 54.0 Å². The predicted molar refractivity (Wildman–Crippen MR) is 136 cm³/mol. The first-order chi connectivity index (χ1) is 14.7. The van der Waals surface area contributed by atoms with Crippen LogP contribution in [0.15, 0.2) is 88.7 Å². The van der Waals surface area contributed by atoms with Crippen LogP contribution in [0.3, 0.4) is 0 Å². The molecular weight excluding hydrogens is 437 g/mol. The zero-order chi connectivity index (χ0) is 22.4. The fraction of sp³-hybridized carbons (Fsp3) is 0.269. The van der Waals surface area contributed by atoms with E-state index in [1.54, 1.807) is 23.5 Å². The molecule has 0 spiro atoms. The number of ketones is 1. The summed E-state index contributed by atoms with van der Waals surface area (Å²) in [4.78, 5) is 16.1. The van der Waals surface area contributed by atoms with E-state index >= 15 is 0 Å². The number of hydrogen-bond acceptors (Lipinski definition) is 4. The van der Waals surface area contributed by atoms with Gasteiger partial charge < -0.3 is 4.43 Å². The Morgan fingerprint density at radius 3 is 1.61 bits per heavy atom. The molecule has 2 nitrogen and oxygen atoms in total. The van der Waals surface area contributed by atoms with Crippen LogP contribution in [0.1, 0.15) is 22.8 Å². The van der Waals surface area contributed by atoms with Gasteiger partial charge in [0.15, 0.2) is 14.1 Å². The van der Waals surface area contributed by atoms with Crippen LogP contribution in [0.4, 0.5) is 0 Å². The second kappa shape index (κ2) is 10.7. The highest BCUT2D eigenvalue weighted by Gasteiger charge is 2.34. The molecule has 0 N–H and O–H groups in total. The summed E-state index contributed by atoms with van der Waals surface area (Å²) in [6.45, 7) is 10.5. The summed E-state index contributed by atoms with van der Waals surface area (Å²) < 4.78 is 6.13. The molecule has 0 bridgehead atoms. The van der Waals surface area contributed by atoms with Crippen LogP contribution >= 0.6 is 23.5 Å². The van der Waals surface area contributed by atoms with Gasteiger partial charge in [-0.05, 0) is 63.3 Å². The molecule has 0 radical (unpaired) electrons. The first kappa shape index (κ1) is 23.9. The monoisotopic (exact) mass is 466 g/mol. The van der Waals surface area contributed by atoms with Crippen molar-refractivity contribution in [2.24, 2.45) is 0 Å². The minimum atomic E-state index is -1.95. The Labute approximate surface area is 195 Å². The second-order valence-electron chi connectivity index (χ2n) is 8.62. The van der Waals surface area contributed by atoms with Gasteiger partial charge in [-0.3, -0.25) is 4.79 Å². The number of aryl methyl sites for hydroxylation is 2. The molecule has 0 amide bonds. The smallest absolute Gasteiger partial charge is 0.188 e. The molecule has 5 heteroatoms. The summed E-state index contributed by atoms with van der Waals surface area (Å²) in [6.07, 6.45) is -0.561. The largest absolute Gasteiger partial charge is 0.404 e. The van der Waals surface area contributed by atoms with Crippen LogP contribution < -0.4 is 0 Å². The van der Waals surface area contributed by atoms with Crippen molar-refractivity contribution in [3.63, 3.8) is 0 Å². The van der Waals surface area contributed by atoms with Gasteiger partial charge in [-0.25, -0.2) is 0 Å². The van der Waals surface area contributed by atoms with Crippen molar-refractivity contribution in [1.82, 2.24) is 0 Å². The van der Waals surface area contributed by atoms with E-state index in [1.807, 2.05) is 30.3 Å². The summed E-state index contributed by atoms with van der Waals surface area (Å²) >= 11 is 3.20. The number of carbonyl (C=O) groups is 1. The summed E-state index contributed by atoms with van der Waals surface area (Å²) in [7, 11) is -1.95. The molecular formula is C26H30O2S2Si. The Kier molecular flexibility index (Phi) is 8.22. The third-order valence-electron chi connectivity index (χ3n) is 4.59. The maximum absolute atomic E-state index is 13.9. The molecule has 3 aromatic rings. The lowest BCUT2D eigenvalue weighted by atomic mass is 10.1. The van der Waals surface area contributed by atoms with Gasteiger partial charge in [0.25, 0.3) is 0 Å². The highest BCUT2D eigenvalue weighted by molar-refractivity contribution is 8.18. The minimum Gasteiger partial charge on any atom is -0.404 e. The first-order valence-electron chi connectivity index (χ1n) is 10.4. The first-order valence-corrected chi connectivity index (χ1v) is 15.6. The topological polar surface area (TPSA) is 26.3 Å². The maximum atomic E-state index is 13.9. The highest BCUT2D eigenvalue weighted by Crippen LogP contribution is 2.40. The fourth-order valence-electron chi connectivity index (χ4n) is 3.02. The van der Waals surface area contributed by atoms with Crippen molar-refractivity contribution in [3.8, 4) is 0 Å². The zero-order valence-corrected chi connectivity index (χ0v) is 21.4. The molecule has 0 fully saturated rings. The quantitative estimate of drug-likeness (QED) is 0.183. The van der Waals surface area contributed by atoms with Gasteiger partial charge in [-0.2, -0.15) is 0 Å². The molecule has 0 saturated carbocycles. The van der Waals surface area contributed by atoms with Gasteiger partial charge in [0.05, 0.1) is 0 Å². The van der Waals surface area contributed by atoms with E-state index in [2.05, 4.69) is 82.0 Å². The van der Waals surface area contributed by atoms with Crippen LogP contribution in [-0.2, 0) is 9.22 Å². The van der Waals surface area contributed by atoms with Crippen molar-refractivity contribution in [1.29, 1.82) is 0 Å². The molecule has 162 valence electrons. The van der Waals surface area contributed by atoms with Crippen LogP contribution in [0.25, 0.3) is 0 Å². The third-order valence-corrected chi connectivity index (χ3v) is 8.09. The van der Waals surface area contributed by atoms with E-state index in [-0.39, 0.29) is 10.4 Å². The highest BCUT2D eigenvalue weighted by atomic mass is 32.2. The van der Waals surface area contributed by atoms with Gasteiger partial charge in [-0.15, -0.1) is 23.5 Å². The molecule has 0 aliphatic heterocycles. The van der Waals surface area contributed by atoms with Crippen molar-refractivity contribution >= 4 is 37.6 Å². The van der Waals surface area contributed by atoms with Crippen molar-refractivity contribution in [2.75, 3.05) is 0 Å². The summed E-state index contributed by atoms with van der Waals surface area (Å²) in [5, 5.41) is 0. The zero-order valence-electron chi connectivity index (χ0n) is 18.8. The molecule has 1 atom stereocenters. The number of hydrogen-bond donors (Lipinski definition) is 0. The number of Topliss-reactive ketones (excluding diaryl/α,β-unsaturated/α-hetero) is 1. The van der Waals surface area contributed by atoms with Crippen LogP contribution in [0.5, 0.6) is 0 Å². The number of carbonyl (C=O) groups excluding carboxylic acids is 1. The molecule has 0 aliphatic carbocycles. The maximum Gasteiger partial charge on any atom is 0.188 e. The number of thioether (sulfide) groups is 2. The molecule has 0 aromatic heterocycles. The lowest BCUT2D eigenvalue weighted by molar-refractivity contribution is -0.124. The van der Waals surface area contributed by atoms with Gasteiger partial charge in [-0.1, -0.05) is 65.7 Å². The van der Waals surface area contributed by atoms with E-state index in [9.17, 15) is 4.79 Å². The Balaban J connectivity index is 1.94. The van der Waals surface area contributed by atoms with Gasteiger partial charge in [0, 0.05) is 9.79 Å². The molecule has 0 heterocycles. The van der Waals surface area contributed by atoms with Gasteiger partial charge in [0.2, 0.25) is 0 Å². The van der Waals surface area contributed by atoms with E-state index in [1.165, 1.54) is 11.1 Å². The average Bonchev–Trinajstić information content (AvgIpc) is 2.74. The Morgan fingerprint density at radius 2 is 1.19 bits per heavy atom. The molecule has 0 unspecified atom stereocenters. The molecule has 0 saturated heterocycles. The summed E-state index contributed by atoms with van der Waals surface area (Å²) in [5.74, 6) is 0.102. The lowest BCUT2D eigenvalue weighted by Crippen LogP contribution is -2.34. The average molecular weight is 467 g/mol. The Morgan fingerprint density at radius 1 is 0.742 bits per heavy atom. The molecule has 0 aliphatic rings. The SMILES string of the molecule is Cc1ccc(SC(Sc2ccc(C)cc2)C(=O)[C@H](O[Si](C)(C)C)c2ccccc2)cc1. The Bertz CT molecular complexity index is 933. The van der Waals surface area contributed by atoms with E-state index in [4.69, 9.17) is 4.43 Å². The van der Waals surface area contributed by atoms with Gasteiger partial charge in [0.1, 0.15) is 10.7 Å². The standard InChI is InChI=1S/C26H30O2S2Si/c1-19-11-15-22(16-12-19)29-26(30-23-17-13-20(2)14-18-23)24(27)25(28-31(3,4)5)21-9-7-6-8-10-21/h6-18,25-26H,1-5H3/t25-/m1/s1. The number of rotatable bonds is 9. The Hall–Kier alpha value is -1.79. The van der Waals surface area contributed by atoms with Crippen molar-refractivity contribution in [3.05, 3.63) is 95.6 Å². The molecule has 3 rings (SSSR count). The third kappa shape index (κ3) is 7.39. The molecule has 31 heavy (non-hydrogen) atoms. The van der Waals surface area contributed by atoms with Crippen LogP contribution in [-0.4, -0.2) is 18.7 Å². The fourth-order valence-corrected chi connectivity index (χ4v) is 6.40. The normalized spacial score (nSPS) is 12.7.